The summed E-state index contributed by atoms with van der Waals surface area (Å²) in [5, 5.41) is 6.20. The van der Waals surface area contributed by atoms with Crippen molar-refractivity contribution < 1.29 is 14.3 Å². The van der Waals surface area contributed by atoms with Gasteiger partial charge in [-0.15, -0.1) is 0 Å². The van der Waals surface area contributed by atoms with Crippen LogP contribution in [0, 0.1) is 5.41 Å². The maximum absolute atomic E-state index is 12.4. The van der Waals surface area contributed by atoms with Gasteiger partial charge < -0.3 is 21.1 Å². The number of amides is 2. The number of nitrogens with one attached hydrogen (secondary N) is 2. The maximum Gasteiger partial charge on any atom is 0.255 e. The highest BCUT2D eigenvalue weighted by atomic mass is 16.5. The first-order valence-corrected chi connectivity index (χ1v) is 7.44. The molecule has 22 heavy (non-hydrogen) atoms. The number of carbonyl (C=O) groups excluding carboxylic acids is 2. The molecule has 6 heteroatoms. The molecule has 1 aromatic rings. The molecule has 1 unspecified atom stereocenters. The van der Waals surface area contributed by atoms with E-state index in [2.05, 4.69) is 24.5 Å². The van der Waals surface area contributed by atoms with Gasteiger partial charge in [0, 0.05) is 5.69 Å². The van der Waals surface area contributed by atoms with E-state index in [1.54, 1.807) is 24.3 Å². The second-order valence-corrected chi connectivity index (χ2v) is 6.25. The van der Waals surface area contributed by atoms with Gasteiger partial charge in [0.05, 0.1) is 6.04 Å². The first kappa shape index (κ1) is 16.3. The zero-order valence-electron chi connectivity index (χ0n) is 13.0. The minimum absolute atomic E-state index is 0.0319. The molecule has 1 aliphatic rings. The molecule has 0 spiro atoms. The van der Waals surface area contributed by atoms with Crippen molar-refractivity contribution in [2.24, 2.45) is 11.1 Å². The fraction of sp³-hybridized carbons (Fsp3) is 0.500. The number of benzene rings is 1. The third-order valence-electron chi connectivity index (χ3n) is 3.89. The number of nitrogens with two attached hydrogens (primary N) is 1. The molecule has 2 amide bonds. The van der Waals surface area contributed by atoms with Crippen LogP contribution in [0.3, 0.4) is 0 Å². The lowest BCUT2D eigenvalue weighted by molar-refractivity contribution is -0.121. The minimum Gasteiger partial charge on any atom is -0.484 e. The van der Waals surface area contributed by atoms with Gasteiger partial charge in [-0.05, 0) is 49.1 Å². The van der Waals surface area contributed by atoms with Crippen LogP contribution in [-0.2, 0) is 9.59 Å². The second-order valence-electron chi connectivity index (χ2n) is 6.25. The van der Waals surface area contributed by atoms with E-state index in [1.165, 1.54) is 0 Å². The van der Waals surface area contributed by atoms with Crippen LogP contribution in [0.5, 0.6) is 5.75 Å². The average Bonchev–Trinajstić information content (AvgIpc) is 2.46. The Hall–Kier alpha value is -2.08. The highest BCUT2D eigenvalue weighted by molar-refractivity contribution is 5.95. The summed E-state index contributed by atoms with van der Waals surface area (Å²) in [4.78, 5) is 23.1. The summed E-state index contributed by atoms with van der Waals surface area (Å²) in [6, 6.07) is 6.66. The van der Waals surface area contributed by atoms with Gasteiger partial charge in [0.2, 0.25) is 5.91 Å². The molecule has 0 bridgehead atoms. The number of hydrogen-bond acceptors (Lipinski definition) is 4. The van der Waals surface area contributed by atoms with Crippen LogP contribution in [0.2, 0.25) is 0 Å². The normalized spacial score (nSPS) is 20.2. The fourth-order valence-electron chi connectivity index (χ4n) is 2.66. The first-order chi connectivity index (χ1) is 10.4. The van der Waals surface area contributed by atoms with Crippen LogP contribution in [0.4, 0.5) is 5.69 Å². The van der Waals surface area contributed by atoms with Gasteiger partial charge in [-0.1, -0.05) is 13.8 Å². The summed E-state index contributed by atoms with van der Waals surface area (Å²) in [6.07, 6.45) is 2.11. The number of anilines is 1. The number of carbonyl (C=O) groups is 2. The van der Waals surface area contributed by atoms with Crippen molar-refractivity contribution in [3.8, 4) is 5.75 Å². The Kier molecular flexibility index (Phi) is 5.03. The molecule has 1 atom stereocenters. The molecule has 1 fully saturated rings. The molecule has 0 aliphatic carbocycles. The van der Waals surface area contributed by atoms with Crippen molar-refractivity contribution in [3.63, 3.8) is 0 Å². The highest BCUT2D eigenvalue weighted by Gasteiger charge is 2.36. The molecular formula is C16H23N3O3. The molecule has 1 aliphatic heterocycles. The predicted molar refractivity (Wildman–Crippen MR) is 84.6 cm³/mol. The van der Waals surface area contributed by atoms with Gasteiger partial charge in [0.25, 0.3) is 5.91 Å². The van der Waals surface area contributed by atoms with E-state index in [1.807, 2.05) is 0 Å². The molecule has 120 valence electrons. The molecule has 6 nitrogen and oxygen atoms in total. The van der Waals surface area contributed by atoms with Crippen molar-refractivity contribution >= 4 is 17.5 Å². The van der Waals surface area contributed by atoms with Gasteiger partial charge in [-0.2, -0.15) is 0 Å². The first-order valence-electron chi connectivity index (χ1n) is 7.44. The maximum atomic E-state index is 12.4. The average molecular weight is 305 g/mol. The Morgan fingerprint density at radius 3 is 2.64 bits per heavy atom. The van der Waals surface area contributed by atoms with Crippen molar-refractivity contribution in [1.82, 2.24) is 5.32 Å². The molecule has 1 heterocycles. The lowest BCUT2D eigenvalue weighted by Gasteiger charge is -2.38. The molecule has 4 N–H and O–H groups in total. The Balaban J connectivity index is 1.95. The van der Waals surface area contributed by atoms with Gasteiger partial charge in [0.15, 0.2) is 6.61 Å². The third-order valence-corrected chi connectivity index (χ3v) is 3.89. The molecule has 0 saturated carbocycles. The monoisotopic (exact) mass is 305 g/mol. The van der Waals surface area contributed by atoms with Crippen molar-refractivity contribution in [2.75, 3.05) is 18.5 Å². The SMILES string of the molecule is CC1(C)CCCNC1C(=O)Nc1ccc(OCC(N)=O)cc1. The lowest BCUT2D eigenvalue weighted by atomic mass is 9.77. The standard InChI is InChI=1S/C16H23N3O3/c1-16(2)8-3-9-18-14(16)15(21)19-11-4-6-12(7-5-11)22-10-13(17)20/h4-7,14,18H,3,8-10H2,1-2H3,(H2,17,20)(H,19,21). The van der Waals surface area contributed by atoms with Crippen LogP contribution in [0.1, 0.15) is 26.7 Å². The quantitative estimate of drug-likeness (QED) is 0.763. The zero-order valence-corrected chi connectivity index (χ0v) is 13.0. The van der Waals surface area contributed by atoms with Crippen LogP contribution in [0.25, 0.3) is 0 Å². The van der Waals surface area contributed by atoms with Gasteiger partial charge in [-0.3, -0.25) is 9.59 Å². The fourth-order valence-corrected chi connectivity index (χ4v) is 2.66. The third kappa shape index (κ3) is 4.21. The van der Waals surface area contributed by atoms with Crippen LogP contribution >= 0.6 is 0 Å². The molecule has 2 rings (SSSR count). The van der Waals surface area contributed by atoms with E-state index in [-0.39, 0.29) is 24.0 Å². The van der Waals surface area contributed by atoms with Crippen molar-refractivity contribution in [3.05, 3.63) is 24.3 Å². The Labute approximate surface area is 130 Å². The smallest absolute Gasteiger partial charge is 0.255 e. The van der Waals surface area contributed by atoms with E-state index < -0.39 is 5.91 Å². The lowest BCUT2D eigenvalue weighted by Crippen LogP contribution is -2.53. The molecule has 1 aromatic carbocycles. The van der Waals surface area contributed by atoms with E-state index >= 15 is 0 Å². The van der Waals surface area contributed by atoms with Gasteiger partial charge in [0.1, 0.15) is 5.75 Å². The molecule has 0 radical (unpaired) electrons. The Morgan fingerprint density at radius 1 is 1.36 bits per heavy atom. The van der Waals surface area contributed by atoms with Crippen LogP contribution in [-0.4, -0.2) is 31.0 Å². The van der Waals surface area contributed by atoms with E-state index in [4.69, 9.17) is 10.5 Å². The topological polar surface area (TPSA) is 93.4 Å². The zero-order chi connectivity index (χ0) is 16.2. The minimum atomic E-state index is -0.525. The van der Waals surface area contributed by atoms with E-state index in [9.17, 15) is 9.59 Å². The van der Waals surface area contributed by atoms with E-state index in [0.29, 0.717) is 11.4 Å². The largest absolute Gasteiger partial charge is 0.484 e. The van der Waals surface area contributed by atoms with Crippen molar-refractivity contribution in [1.29, 1.82) is 0 Å². The number of primary amides is 1. The summed E-state index contributed by atoms with van der Waals surface area (Å²) >= 11 is 0. The molecular weight excluding hydrogens is 282 g/mol. The van der Waals surface area contributed by atoms with Gasteiger partial charge >= 0.3 is 0 Å². The summed E-state index contributed by atoms with van der Waals surface area (Å²) in [5.41, 5.74) is 5.65. The second kappa shape index (κ2) is 6.79. The summed E-state index contributed by atoms with van der Waals surface area (Å²) in [5.74, 6) is -0.0218. The number of ether oxygens (including phenoxy) is 1. The molecule has 1 saturated heterocycles. The summed E-state index contributed by atoms with van der Waals surface area (Å²) in [6.45, 7) is 4.90. The Morgan fingerprint density at radius 2 is 2.05 bits per heavy atom. The highest BCUT2D eigenvalue weighted by Crippen LogP contribution is 2.30. The van der Waals surface area contributed by atoms with E-state index in [0.717, 1.165) is 19.4 Å². The summed E-state index contributed by atoms with van der Waals surface area (Å²) in [7, 11) is 0. The van der Waals surface area contributed by atoms with Crippen molar-refractivity contribution in [2.45, 2.75) is 32.7 Å². The predicted octanol–water partition coefficient (Wildman–Crippen LogP) is 1.27. The molecule has 0 aromatic heterocycles. The van der Waals surface area contributed by atoms with Gasteiger partial charge in [-0.25, -0.2) is 0 Å². The van der Waals surface area contributed by atoms with Crippen LogP contribution < -0.4 is 21.1 Å². The Bertz CT molecular complexity index is 540. The number of hydrogen-bond donors (Lipinski definition) is 3. The summed E-state index contributed by atoms with van der Waals surface area (Å²) < 4.78 is 5.18. The number of rotatable bonds is 5. The van der Waals surface area contributed by atoms with Crippen LogP contribution in [0.15, 0.2) is 24.3 Å². The number of piperidine rings is 1.